The highest BCUT2D eigenvalue weighted by Crippen LogP contribution is 2.61. The molecule has 0 aliphatic heterocycles. The molecule has 2 saturated carbocycles. The van der Waals surface area contributed by atoms with Gasteiger partial charge in [0.05, 0.1) is 17.6 Å². The molecule has 2 fully saturated rings. The van der Waals surface area contributed by atoms with Crippen molar-refractivity contribution in [3.05, 3.63) is 0 Å². The SMILES string of the molecule is CC(CC1CC1(C#N)C(C)C)C1CCC1C#N. The monoisotopic (exact) mass is 230 g/mol. The summed E-state index contributed by atoms with van der Waals surface area (Å²) in [6.45, 7) is 6.60. The lowest BCUT2D eigenvalue weighted by atomic mass is 9.66. The molecule has 2 aliphatic carbocycles. The summed E-state index contributed by atoms with van der Waals surface area (Å²) in [4.78, 5) is 0. The second-order valence-corrected chi connectivity index (χ2v) is 6.40. The summed E-state index contributed by atoms with van der Waals surface area (Å²) in [6.07, 6.45) is 4.53. The Hall–Kier alpha value is -1.02. The van der Waals surface area contributed by atoms with Crippen molar-refractivity contribution in [1.82, 2.24) is 0 Å². The van der Waals surface area contributed by atoms with Crippen LogP contribution < -0.4 is 0 Å². The lowest BCUT2D eigenvalue weighted by molar-refractivity contribution is 0.142. The molecule has 0 aromatic heterocycles. The minimum absolute atomic E-state index is 0.0415. The molecule has 2 rings (SSSR count). The molecule has 0 radical (unpaired) electrons. The summed E-state index contributed by atoms with van der Waals surface area (Å²) in [6, 6.07) is 4.96. The van der Waals surface area contributed by atoms with Gasteiger partial charge in [0.15, 0.2) is 0 Å². The Kier molecular flexibility index (Phi) is 3.17. The van der Waals surface area contributed by atoms with Crippen LogP contribution in [0.25, 0.3) is 0 Å². The highest BCUT2D eigenvalue weighted by molar-refractivity contribution is 5.17. The summed E-state index contributed by atoms with van der Waals surface area (Å²) in [5.41, 5.74) is -0.0415. The van der Waals surface area contributed by atoms with Gasteiger partial charge in [-0.05, 0) is 49.4 Å². The first-order valence-corrected chi connectivity index (χ1v) is 6.86. The van der Waals surface area contributed by atoms with E-state index in [2.05, 4.69) is 32.9 Å². The third kappa shape index (κ3) is 1.95. The molecule has 17 heavy (non-hydrogen) atoms. The van der Waals surface area contributed by atoms with E-state index in [9.17, 15) is 5.26 Å². The highest BCUT2D eigenvalue weighted by atomic mass is 14.6. The van der Waals surface area contributed by atoms with Gasteiger partial charge in [0.1, 0.15) is 0 Å². The first-order valence-electron chi connectivity index (χ1n) is 6.86. The van der Waals surface area contributed by atoms with Gasteiger partial charge in [-0.1, -0.05) is 20.8 Å². The van der Waals surface area contributed by atoms with Crippen LogP contribution in [0.2, 0.25) is 0 Å². The van der Waals surface area contributed by atoms with Crippen molar-refractivity contribution in [3.8, 4) is 12.1 Å². The lowest BCUT2D eigenvalue weighted by Crippen LogP contribution is -2.30. The maximum Gasteiger partial charge on any atom is 0.0695 e. The van der Waals surface area contributed by atoms with Gasteiger partial charge in [-0.25, -0.2) is 0 Å². The van der Waals surface area contributed by atoms with Crippen LogP contribution in [0.15, 0.2) is 0 Å². The highest BCUT2D eigenvalue weighted by Gasteiger charge is 2.57. The van der Waals surface area contributed by atoms with Crippen LogP contribution in [-0.2, 0) is 0 Å². The van der Waals surface area contributed by atoms with E-state index >= 15 is 0 Å². The van der Waals surface area contributed by atoms with Crippen molar-refractivity contribution < 1.29 is 0 Å². The third-order valence-corrected chi connectivity index (χ3v) is 5.27. The van der Waals surface area contributed by atoms with Gasteiger partial charge in [-0.2, -0.15) is 10.5 Å². The molecule has 2 nitrogen and oxygen atoms in total. The standard InChI is InChI=1S/C15H22N2/c1-10(2)15(9-17)7-13(15)6-11(3)14-5-4-12(14)8-16/h10-14H,4-7H2,1-3H3. The molecule has 0 spiro atoms. The van der Waals surface area contributed by atoms with Crippen molar-refractivity contribution in [3.63, 3.8) is 0 Å². The molecule has 0 aromatic rings. The molecule has 0 heterocycles. The predicted octanol–water partition coefficient (Wildman–Crippen LogP) is 3.75. The molecule has 0 aromatic carbocycles. The van der Waals surface area contributed by atoms with E-state index in [4.69, 9.17) is 5.26 Å². The van der Waals surface area contributed by atoms with Crippen molar-refractivity contribution in [2.75, 3.05) is 0 Å². The fourth-order valence-corrected chi connectivity index (χ4v) is 3.61. The first kappa shape index (κ1) is 12.4. The average Bonchev–Trinajstić information content (AvgIpc) is 2.91. The van der Waals surface area contributed by atoms with Crippen LogP contribution in [-0.4, -0.2) is 0 Å². The van der Waals surface area contributed by atoms with E-state index in [0.717, 1.165) is 19.3 Å². The Bertz CT molecular complexity index is 373. The molecule has 0 N–H and O–H groups in total. The Labute approximate surface area is 105 Å². The van der Waals surface area contributed by atoms with Gasteiger partial charge < -0.3 is 0 Å². The van der Waals surface area contributed by atoms with Crippen molar-refractivity contribution in [2.24, 2.45) is 35.0 Å². The van der Waals surface area contributed by atoms with Gasteiger partial charge in [-0.3, -0.25) is 0 Å². The van der Waals surface area contributed by atoms with Crippen molar-refractivity contribution in [1.29, 1.82) is 10.5 Å². The maximum atomic E-state index is 9.32. The minimum Gasteiger partial charge on any atom is -0.198 e. The Morgan fingerprint density at radius 3 is 2.29 bits per heavy atom. The van der Waals surface area contributed by atoms with Gasteiger partial charge in [-0.15, -0.1) is 0 Å². The predicted molar refractivity (Wildman–Crippen MR) is 66.6 cm³/mol. The van der Waals surface area contributed by atoms with Gasteiger partial charge in [0, 0.05) is 5.92 Å². The fraction of sp³-hybridized carbons (Fsp3) is 0.867. The number of hydrogen-bond donors (Lipinski definition) is 0. The minimum atomic E-state index is -0.0415. The molecule has 92 valence electrons. The van der Waals surface area contributed by atoms with E-state index in [-0.39, 0.29) is 5.41 Å². The van der Waals surface area contributed by atoms with E-state index in [1.165, 1.54) is 6.42 Å². The van der Waals surface area contributed by atoms with Crippen molar-refractivity contribution in [2.45, 2.75) is 46.5 Å². The molecule has 2 heteroatoms. The van der Waals surface area contributed by atoms with Crippen LogP contribution in [0.4, 0.5) is 0 Å². The zero-order valence-electron chi connectivity index (χ0n) is 11.1. The zero-order valence-corrected chi connectivity index (χ0v) is 11.1. The quantitative estimate of drug-likeness (QED) is 0.738. The van der Waals surface area contributed by atoms with Crippen LogP contribution in [0, 0.1) is 57.7 Å². The lowest BCUT2D eigenvalue weighted by Gasteiger charge is -2.36. The van der Waals surface area contributed by atoms with Crippen LogP contribution >= 0.6 is 0 Å². The summed E-state index contributed by atoms with van der Waals surface area (Å²) < 4.78 is 0. The smallest absolute Gasteiger partial charge is 0.0695 e. The van der Waals surface area contributed by atoms with Crippen molar-refractivity contribution >= 4 is 0 Å². The van der Waals surface area contributed by atoms with Crippen LogP contribution in [0.5, 0.6) is 0 Å². The molecular formula is C15H22N2. The largest absolute Gasteiger partial charge is 0.198 e. The molecule has 2 aliphatic rings. The Morgan fingerprint density at radius 2 is 1.94 bits per heavy atom. The number of nitriles is 2. The second-order valence-electron chi connectivity index (χ2n) is 6.40. The number of hydrogen-bond acceptors (Lipinski definition) is 2. The van der Waals surface area contributed by atoms with Gasteiger partial charge >= 0.3 is 0 Å². The molecule has 0 saturated heterocycles. The van der Waals surface area contributed by atoms with Gasteiger partial charge in [0.25, 0.3) is 0 Å². The summed E-state index contributed by atoms with van der Waals surface area (Å²) in [5.74, 6) is 2.57. The second kappa shape index (κ2) is 4.34. The van der Waals surface area contributed by atoms with Crippen LogP contribution in [0.3, 0.4) is 0 Å². The van der Waals surface area contributed by atoms with E-state index in [0.29, 0.717) is 29.6 Å². The number of rotatable bonds is 4. The molecular weight excluding hydrogens is 208 g/mol. The molecule has 5 unspecified atom stereocenters. The first-order chi connectivity index (χ1) is 8.05. The normalized spacial score (nSPS) is 41.2. The Morgan fingerprint density at radius 1 is 1.24 bits per heavy atom. The summed E-state index contributed by atoms with van der Waals surface area (Å²) in [7, 11) is 0. The third-order valence-electron chi connectivity index (χ3n) is 5.27. The topological polar surface area (TPSA) is 47.6 Å². The summed E-state index contributed by atoms with van der Waals surface area (Å²) >= 11 is 0. The van der Waals surface area contributed by atoms with E-state index in [1.54, 1.807) is 0 Å². The molecule has 0 bridgehead atoms. The zero-order chi connectivity index (χ0) is 12.6. The van der Waals surface area contributed by atoms with Crippen LogP contribution in [0.1, 0.15) is 46.5 Å². The molecule has 5 atom stereocenters. The molecule has 0 amide bonds. The van der Waals surface area contributed by atoms with E-state index < -0.39 is 0 Å². The maximum absolute atomic E-state index is 9.32. The van der Waals surface area contributed by atoms with E-state index in [1.807, 2.05) is 0 Å². The Balaban J connectivity index is 1.88. The number of nitrogens with zero attached hydrogens (tertiary/aromatic N) is 2. The van der Waals surface area contributed by atoms with Gasteiger partial charge in [0.2, 0.25) is 0 Å². The summed E-state index contributed by atoms with van der Waals surface area (Å²) in [5, 5.41) is 18.3. The fourth-order valence-electron chi connectivity index (χ4n) is 3.61. The average molecular weight is 230 g/mol.